The maximum absolute atomic E-state index is 14.8. The lowest BCUT2D eigenvalue weighted by molar-refractivity contribution is -0.130. The fourth-order valence-corrected chi connectivity index (χ4v) is 5.04. The molecule has 10 heteroatoms. The molecule has 1 aromatic carbocycles. The molecule has 4 heterocycles. The third kappa shape index (κ3) is 4.02. The lowest BCUT2D eigenvalue weighted by Gasteiger charge is -2.54. The molecular weight excluding hydrogens is 428 g/mol. The van der Waals surface area contributed by atoms with Crippen molar-refractivity contribution in [2.75, 3.05) is 28.2 Å². The zero-order valence-corrected chi connectivity index (χ0v) is 17.4. The predicted molar refractivity (Wildman–Crippen MR) is 111 cm³/mol. The van der Waals surface area contributed by atoms with E-state index in [1.54, 1.807) is 17.0 Å². The highest BCUT2D eigenvalue weighted by Crippen LogP contribution is 2.43. The summed E-state index contributed by atoms with van der Waals surface area (Å²) in [4.78, 5) is 20.6. The van der Waals surface area contributed by atoms with Crippen molar-refractivity contribution in [3.63, 3.8) is 0 Å². The summed E-state index contributed by atoms with van der Waals surface area (Å²) >= 11 is 0. The Balaban J connectivity index is 1.35. The van der Waals surface area contributed by atoms with Crippen LogP contribution in [-0.4, -0.2) is 42.2 Å². The molecule has 1 aromatic heterocycles. The van der Waals surface area contributed by atoms with Gasteiger partial charge in [0.1, 0.15) is 18.0 Å². The van der Waals surface area contributed by atoms with Crippen molar-refractivity contribution in [3.05, 3.63) is 35.5 Å². The highest BCUT2D eigenvalue weighted by molar-refractivity contribution is 6.04. The Morgan fingerprint density at radius 3 is 2.50 bits per heavy atom. The summed E-state index contributed by atoms with van der Waals surface area (Å²) in [5.74, 6) is -1.86. The van der Waals surface area contributed by atoms with E-state index in [2.05, 4.69) is 15.2 Å². The number of hydrogen-bond acceptors (Lipinski definition) is 5. The monoisotopic (exact) mass is 452 g/mol. The van der Waals surface area contributed by atoms with Gasteiger partial charge in [0, 0.05) is 30.9 Å². The van der Waals surface area contributed by atoms with Crippen molar-refractivity contribution in [1.82, 2.24) is 4.98 Å². The molecule has 2 aromatic rings. The number of carbonyl (C=O) groups excluding carboxylic acids is 1. The van der Waals surface area contributed by atoms with E-state index < -0.39 is 35.8 Å². The number of halogens is 4. The molecule has 32 heavy (non-hydrogen) atoms. The first-order valence-corrected chi connectivity index (χ1v) is 11.0. The Morgan fingerprint density at radius 2 is 1.88 bits per heavy atom. The predicted octanol–water partition coefficient (Wildman–Crippen LogP) is 4.90. The average Bonchev–Trinajstić information content (AvgIpc) is 3.39. The van der Waals surface area contributed by atoms with E-state index in [1.165, 1.54) is 6.07 Å². The van der Waals surface area contributed by atoms with Gasteiger partial charge in [-0.3, -0.25) is 4.79 Å². The number of nitrogens with one attached hydrogen (secondary N) is 1. The van der Waals surface area contributed by atoms with Crippen LogP contribution in [0.3, 0.4) is 0 Å². The number of fused-ring (bicyclic) bond motifs is 2. The lowest BCUT2D eigenvalue weighted by atomic mass is 9.79. The van der Waals surface area contributed by atoms with Gasteiger partial charge < -0.3 is 19.5 Å². The second-order valence-corrected chi connectivity index (χ2v) is 8.76. The van der Waals surface area contributed by atoms with Crippen molar-refractivity contribution < 1.29 is 26.8 Å². The van der Waals surface area contributed by atoms with E-state index in [0.717, 1.165) is 38.5 Å². The molecule has 1 amide bonds. The summed E-state index contributed by atoms with van der Waals surface area (Å²) in [6.45, 7) is 1.22. The number of nitrogens with zero attached hydrogens (tertiary/aromatic N) is 3. The first kappa shape index (κ1) is 21.1. The van der Waals surface area contributed by atoms with Gasteiger partial charge in [-0.15, -0.1) is 0 Å². The molecule has 6 nitrogen and oxygen atoms in total. The van der Waals surface area contributed by atoms with Crippen LogP contribution in [0.1, 0.15) is 54.8 Å². The maximum Gasteiger partial charge on any atom is 0.396 e. The van der Waals surface area contributed by atoms with Crippen molar-refractivity contribution in [3.8, 4) is 0 Å². The van der Waals surface area contributed by atoms with E-state index in [1.807, 2.05) is 0 Å². The number of piperidine rings is 1. The van der Waals surface area contributed by atoms with Gasteiger partial charge >= 0.3 is 6.18 Å². The number of anilines is 3. The fourth-order valence-electron chi connectivity index (χ4n) is 5.04. The Labute approximate surface area is 182 Å². The maximum atomic E-state index is 14.8. The van der Waals surface area contributed by atoms with Crippen LogP contribution in [0.4, 0.5) is 35.0 Å². The molecule has 0 spiro atoms. The summed E-state index contributed by atoms with van der Waals surface area (Å²) in [6.07, 6.45) is 0.113. The number of rotatable bonds is 5. The number of carbonyl (C=O) groups is 1. The molecule has 3 aliphatic rings. The van der Waals surface area contributed by atoms with E-state index in [0.29, 0.717) is 30.9 Å². The molecular formula is C22H24F4N4O2. The standard InChI is InChI=1S/C22H24F4N4O2/c23-16-10-13(6-7-17(16)30-14-4-3-5-15(30)11-14)27-20(31)19-18(12-22(24,25)26)32-21(28-19)29-8-1-2-9-29/h6-7,10,14-15H,1-5,8-9,11-12H2,(H,27,31). The fraction of sp³-hybridized carbons (Fsp3) is 0.545. The van der Waals surface area contributed by atoms with Gasteiger partial charge in [-0.05, 0) is 56.7 Å². The highest BCUT2D eigenvalue weighted by atomic mass is 19.4. The van der Waals surface area contributed by atoms with Gasteiger partial charge in [0.15, 0.2) is 5.69 Å². The van der Waals surface area contributed by atoms with Crippen LogP contribution in [0.2, 0.25) is 0 Å². The van der Waals surface area contributed by atoms with Gasteiger partial charge in [0.25, 0.3) is 11.9 Å². The minimum absolute atomic E-state index is 0.0118. The largest absolute Gasteiger partial charge is 0.427 e. The quantitative estimate of drug-likeness (QED) is 0.654. The number of amides is 1. The number of alkyl halides is 3. The van der Waals surface area contributed by atoms with Crippen molar-refractivity contribution in [2.45, 2.75) is 63.2 Å². The Hall–Kier alpha value is -2.78. The Morgan fingerprint density at radius 1 is 1.16 bits per heavy atom. The smallest absolute Gasteiger partial charge is 0.396 e. The van der Waals surface area contributed by atoms with Crippen LogP contribution >= 0.6 is 0 Å². The topological polar surface area (TPSA) is 61.6 Å². The number of aromatic nitrogens is 1. The summed E-state index contributed by atoms with van der Waals surface area (Å²) < 4.78 is 59.2. The van der Waals surface area contributed by atoms with Gasteiger partial charge in [0.2, 0.25) is 0 Å². The molecule has 172 valence electrons. The minimum atomic E-state index is -4.56. The zero-order valence-electron chi connectivity index (χ0n) is 17.4. The third-order valence-corrected chi connectivity index (χ3v) is 6.53. The average molecular weight is 452 g/mol. The SMILES string of the molecule is O=C(Nc1ccc(N2C3CCCC2C3)c(F)c1)c1nc(N2CCCC2)oc1CC(F)(F)F. The Bertz CT molecular complexity index is 1000. The van der Waals surface area contributed by atoms with E-state index in [9.17, 15) is 22.4 Å². The van der Waals surface area contributed by atoms with E-state index in [-0.39, 0.29) is 11.7 Å². The van der Waals surface area contributed by atoms with Gasteiger partial charge in [-0.25, -0.2) is 4.39 Å². The van der Waals surface area contributed by atoms with Crippen LogP contribution < -0.4 is 15.1 Å². The molecule has 2 unspecified atom stereocenters. The minimum Gasteiger partial charge on any atom is -0.427 e. The molecule has 3 fully saturated rings. The molecule has 2 bridgehead atoms. The van der Waals surface area contributed by atoms with Crippen LogP contribution in [0, 0.1) is 5.82 Å². The van der Waals surface area contributed by atoms with Gasteiger partial charge in [-0.2, -0.15) is 18.2 Å². The first-order valence-electron chi connectivity index (χ1n) is 11.0. The van der Waals surface area contributed by atoms with Crippen LogP contribution in [-0.2, 0) is 6.42 Å². The van der Waals surface area contributed by atoms with E-state index in [4.69, 9.17) is 4.42 Å². The third-order valence-electron chi connectivity index (χ3n) is 6.53. The van der Waals surface area contributed by atoms with Crippen molar-refractivity contribution >= 4 is 23.3 Å². The number of benzene rings is 1. The van der Waals surface area contributed by atoms with Gasteiger partial charge in [-0.1, -0.05) is 0 Å². The Kier molecular flexibility index (Phi) is 5.25. The molecule has 3 saturated heterocycles. The highest BCUT2D eigenvalue weighted by Gasteiger charge is 2.42. The summed E-state index contributed by atoms with van der Waals surface area (Å²) in [5, 5.41) is 2.48. The first-order chi connectivity index (χ1) is 15.3. The molecule has 2 atom stereocenters. The summed E-state index contributed by atoms with van der Waals surface area (Å²) in [6, 6.07) is 5.10. The van der Waals surface area contributed by atoms with E-state index >= 15 is 0 Å². The second kappa shape index (κ2) is 7.97. The van der Waals surface area contributed by atoms with Crippen LogP contribution in [0.25, 0.3) is 0 Å². The lowest BCUT2D eigenvalue weighted by Crippen LogP contribution is -2.59. The molecule has 0 saturated carbocycles. The zero-order chi connectivity index (χ0) is 22.5. The van der Waals surface area contributed by atoms with Gasteiger partial charge in [0.05, 0.1) is 5.69 Å². The van der Waals surface area contributed by atoms with Crippen molar-refractivity contribution in [2.24, 2.45) is 0 Å². The normalized spacial score (nSPS) is 22.8. The molecule has 5 rings (SSSR count). The molecule has 3 aliphatic heterocycles. The summed E-state index contributed by atoms with van der Waals surface area (Å²) in [5.41, 5.74) is 0.232. The molecule has 0 radical (unpaired) electrons. The van der Waals surface area contributed by atoms with Crippen LogP contribution in [0.15, 0.2) is 22.6 Å². The molecule has 1 N–H and O–H groups in total. The number of oxazole rings is 1. The van der Waals surface area contributed by atoms with Crippen molar-refractivity contribution in [1.29, 1.82) is 0 Å². The second-order valence-electron chi connectivity index (χ2n) is 8.76. The summed E-state index contributed by atoms with van der Waals surface area (Å²) in [7, 11) is 0. The van der Waals surface area contributed by atoms with Crippen LogP contribution in [0.5, 0.6) is 0 Å². The number of hydrogen-bond donors (Lipinski definition) is 1. The molecule has 0 aliphatic carbocycles.